The van der Waals surface area contributed by atoms with Crippen LogP contribution in [0, 0.1) is 0 Å². The molecule has 0 aliphatic carbocycles. The topological polar surface area (TPSA) is 26.0 Å². The molecule has 0 unspecified atom stereocenters. The van der Waals surface area contributed by atoms with E-state index in [4.69, 9.17) is 5.73 Å². The molecule has 3 aromatic rings. The molecule has 0 atom stereocenters. The van der Waals surface area contributed by atoms with E-state index in [-0.39, 0.29) is 0 Å². The standard InChI is InChI=1S/C13H11NS3/c14-13(10-1-4-15-7-10,11-2-5-16-8-11)12-3-6-17-9-12/h1-9H,14H2. The lowest BCUT2D eigenvalue weighted by Gasteiger charge is -2.28. The summed E-state index contributed by atoms with van der Waals surface area (Å²) in [4.78, 5) is 0. The number of hydrogen-bond acceptors (Lipinski definition) is 4. The number of thiophene rings is 3. The first-order valence-corrected chi connectivity index (χ1v) is 8.01. The van der Waals surface area contributed by atoms with Gasteiger partial charge in [-0.3, -0.25) is 0 Å². The summed E-state index contributed by atoms with van der Waals surface area (Å²) in [5, 5.41) is 12.6. The Morgan fingerprint density at radius 2 is 1.06 bits per heavy atom. The molecule has 0 spiro atoms. The molecule has 0 saturated heterocycles. The van der Waals surface area contributed by atoms with Crippen molar-refractivity contribution >= 4 is 34.0 Å². The Morgan fingerprint density at radius 3 is 1.29 bits per heavy atom. The van der Waals surface area contributed by atoms with E-state index >= 15 is 0 Å². The Hall–Kier alpha value is -0.940. The molecular formula is C13H11NS3. The highest BCUT2D eigenvalue weighted by molar-refractivity contribution is 7.08. The first kappa shape index (κ1) is 11.2. The summed E-state index contributed by atoms with van der Waals surface area (Å²) in [6.07, 6.45) is 0. The van der Waals surface area contributed by atoms with E-state index in [9.17, 15) is 0 Å². The maximum Gasteiger partial charge on any atom is 0.0947 e. The third kappa shape index (κ3) is 1.77. The van der Waals surface area contributed by atoms with Crippen molar-refractivity contribution < 1.29 is 0 Å². The summed E-state index contributed by atoms with van der Waals surface area (Å²) in [5.74, 6) is 0. The maximum atomic E-state index is 6.72. The molecule has 0 saturated carbocycles. The van der Waals surface area contributed by atoms with Crippen LogP contribution in [0.25, 0.3) is 0 Å². The second kappa shape index (κ2) is 4.38. The molecule has 17 heavy (non-hydrogen) atoms. The van der Waals surface area contributed by atoms with E-state index in [2.05, 4.69) is 50.5 Å². The normalized spacial score (nSPS) is 11.8. The third-order valence-corrected chi connectivity index (χ3v) is 4.98. The van der Waals surface area contributed by atoms with Crippen LogP contribution >= 0.6 is 34.0 Å². The van der Waals surface area contributed by atoms with Gasteiger partial charge in [0.05, 0.1) is 5.54 Å². The van der Waals surface area contributed by atoms with Crippen LogP contribution in [0.4, 0.5) is 0 Å². The molecule has 0 fully saturated rings. The fraction of sp³-hybridized carbons (Fsp3) is 0.0769. The van der Waals surface area contributed by atoms with Gasteiger partial charge in [0.15, 0.2) is 0 Å². The molecule has 0 bridgehead atoms. The van der Waals surface area contributed by atoms with Crippen LogP contribution in [0.2, 0.25) is 0 Å². The molecule has 0 amide bonds. The molecular weight excluding hydrogens is 266 g/mol. The minimum absolute atomic E-state index is 0.500. The zero-order valence-corrected chi connectivity index (χ0v) is 11.4. The van der Waals surface area contributed by atoms with Gasteiger partial charge in [-0.15, -0.1) is 0 Å². The van der Waals surface area contributed by atoms with Gasteiger partial charge in [-0.05, 0) is 67.2 Å². The van der Waals surface area contributed by atoms with E-state index in [1.807, 2.05) is 0 Å². The lowest BCUT2D eigenvalue weighted by molar-refractivity contribution is 0.661. The molecule has 0 aliphatic heterocycles. The van der Waals surface area contributed by atoms with Crippen molar-refractivity contribution in [3.8, 4) is 0 Å². The Balaban J connectivity index is 2.21. The fourth-order valence-corrected chi connectivity index (χ4v) is 4.11. The molecule has 0 radical (unpaired) electrons. The van der Waals surface area contributed by atoms with Crippen molar-refractivity contribution in [2.45, 2.75) is 5.54 Å². The van der Waals surface area contributed by atoms with Crippen molar-refractivity contribution in [3.63, 3.8) is 0 Å². The smallest absolute Gasteiger partial charge is 0.0947 e. The van der Waals surface area contributed by atoms with Gasteiger partial charge in [-0.25, -0.2) is 0 Å². The molecule has 2 N–H and O–H groups in total. The van der Waals surface area contributed by atoms with Crippen molar-refractivity contribution in [1.29, 1.82) is 0 Å². The summed E-state index contributed by atoms with van der Waals surface area (Å²) in [5.41, 5.74) is 9.71. The average molecular weight is 277 g/mol. The molecule has 0 aliphatic rings. The largest absolute Gasteiger partial charge is 0.314 e. The number of nitrogens with two attached hydrogens (primary N) is 1. The van der Waals surface area contributed by atoms with E-state index < -0.39 is 5.54 Å². The first-order chi connectivity index (χ1) is 8.32. The van der Waals surface area contributed by atoms with Crippen LogP contribution in [0.15, 0.2) is 50.5 Å². The summed E-state index contributed by atoms with van der Waals surface area (Å²) in [7, 11) is 0. The van der Waals surface area contributed by atoms with Crippen molar-refractivity contribution in [2.75, 3.05) is 0 Å². The minimum atomic E-state index is -0.500. The Labute approximate surface area is 112 Å². The van der Waals surface area contributed by atoms with Gasteiger partial charge in [0.1, 0.15) is 0 Å². The Kier molecular flexibility index (Phi) is 2.88. The summed E-state index contributed by atoms with van der Waals surface area (Å²) in [6.45, 7) is 0. The van der Waals surface area contributed by atoms with Crippen molar-refractivity contribution in [1.82, 2.24) is 0 Å². The maximum absolute atomic E-state index is 6.72. The highest BCUT2D eigenvalue weighted by atomic mass is 32.1. The molecule has 4 heteroatoms. The number of hydrogen-bond donors (Lipinski definition) is 1. The van der Waals surface area contributed by atoms with E-state index in [0.29, 0.717) is 0 Å². The van der Waals surface area contributed by atoms with Gasteiger partial charge in [0.2, 0.25) is 0 Å². The molecule has 3 rings (SSSR count). The predicted octanol–water partition coefficient (Wildman–Crippen LogP) is 4.12. The van der Waals surface area contributed by atoms with Gasteiger partial charge in [0.25, 0.3) is 0 Å². The second-order valence-corrected chi connectivity index (χ2v) is 6.18. The van der Waals surface area contributed by atoms with Crippen molar-refractivity contribution in [2.24, 2.45) is 5.73 Å². The predicted molar refractivity (Wildman–Crippen MR) is 77.0 cm³/mol. The third-order valence-electron chi connectivity index (χ3n) is 2.93. The fourth-order valence-electron chi connectivity index (χ4n) is 1.97. The van der Waals surface area contributed by atoms with Crippen LogP contribution < -0.4 is 5.73 Å². The zero-order chi connectivity index (χ0) is 11.7. The van der Waals surface area contributed by atoms with Gasteiger partial charge in [-0.2, -0.15) is 34.0 Å². The van der Waals surface area contributed by atoms with Crippen molar-refractivity contribution in [3.05, 3.63) is 67.2 Å². The molecule has 1 nitrogen and oxygen atoms in total. The van der Waals surface area contributed by atoms with Crippen LogP contribution in [-0.2, 0) is 5.54 Å². The van der Waals surface area contributed by atoms with E-state index in [0.717, 1.165) is 0 Å². The Morgan fingerprint density at radius 1 is 0.706 bits per heavy atom. The van der Waals surface area contributed by atoms with Crippen LogP contribution in [0.1, 0.15) is 16.7 Å². The average Bonchev–Trinajstić information content (AvgIpc) is 3.10. The van der Waals surface area contributed by atoms with Gasteiger partial charge in [-0.1, -0.05) is 0 Å². The van der Waals surface area contributed by atoms with Gasteiger partial charge < -0.3 is 5.73 Å². The second-order valence-electron chi connectivity index (χ2n) is 3.84. The highest BCUT2D eigenvalue weighted by Crippen LogP contribution is 2.37. The van der Waals surface area contributed by atoms with E-state index in [1.165, 1.54) is 16.7 Å². The highest BCUT2D eigenvalue weighted by Gasteiger charge is 2.32. The molecule has 86 valence electrons. The zero-order valence-electron chi connectivity index (χ0n) is 9.00. The lowest BCUT2D eigenvalue weighted by Crippen LogP contribution is -2.38. The minimum Gasteiger partial charge on any atom is -0.314 e. The van der Waals surface area contributed by atoms with Crippen LogP contribution in [0.5, 0.6) is 0 Å². The van der Waals surface area contributed by atoms with Crippen LogP contribution in [0.3, 0.4) is 0 Å². The van der Waals surface area contributed by atoms with Crippen LogP contribution in [-0.4, -0.2) is 0 Å². The number of rotatable bonds is 3. The summed E-state index contributed by atoms with van der Waals surface area (Å²) >= 11 is 5.06. The van der Waals surface area contributed by atoms with Gasteiger partial charge >= 0.3 is 0 Å². The molecule has 3 aromatic heterocycles. The SMILES string of the molecule is NC(c1ccsc1)(c1ccsc1)c1ccsc1. The quantitative estimate of drug-likeness (QED) is 0.765. The monoisotopic (exact) mass is 277 g/mol. The molecule has 0 aromatic carbocycles. The van der Waals surface area contributed by atoms with Gasteiger partial charge in [0, 0.05) is 0 Å². The molecule has 3 heterocycles. The summed E-state index contributed by atoms with van der Waals surface area (Å²) < 4.78 is 0. The first-order valence-electron chi connectivity index (χ1n) is 5.18. The lowest BCUT2D eigenvalue weighted by atomic mass is 9.82. The Bertz CT molecular complexity index is 480. The van der Waals surface area contributed by atoms with E-state index in [1.54, 1.807) is 34.0 Å². The summed E-state index contributed by atoms with van der Waals surface area (Å²) in [6, 6.07) is 6.33.